The van der Waals surface area contributed by atoms with E-state index >= 15 is 0 Å². The zero-order chi connectivity index (χ0) is 9.80. The summed E-state index contributed by atoms with van der Waals surface area (Å²) >= 11 is 0. The van der Waals surface area contributed by atoms with Gasteiger partial charge in [-0.25, -0.2) is 4.98 Å². The van der Waals surface area contributed by atoms with Crippen molar-refractivity contribution in [1.82, 2.24) is 15.0 Å². The molecule has 0 amide bonds. The van der Waals surface area contributed by atoms with Gasteiger partial charge in [-0.05, 0) is 12.1 Å². The van der Waals surface area contributed by atoms with Gasteiger partial charge in [0.15, 0.2) is 0 Å². The predicted octanol–water partition coefficient (Wildman–Crippen LogP) is 1.10. The minimum absolute atomic E-state index is 0.138. The molecular formula is C10H7N3O. The summed E-state index contributed by atoms with van der Waals surface area (Å²) in [5.41, 5.74) is 0.916. The average molecular weight is 185 g/mol. The van der Waals surface area contributed by atoms with Crippen molar-refractivity contribution in [3.05, 3.63) is 54.4 Å². The summed E-state index contributed by atoms with van der Waals surface area (Å²) in [6.45, 7) is 0. The SMILES string of the molecule is O=C(c1ccncc1)c1cnccn1. The molecule has 0 radical (unpaired) electrons. The molecule has 0 atom stereocenters. The van der Waals surface area contributed by atoms with E-state index in [1.165, 1.54) is 18.6 Å². The number of ketones is 1. The molecule has 0 aliphatic heterocycles. The number of rotatable bonds is 2. The second-order valence-corrected chi connectivity index (χ2v) is 2.66. The zero-order valence-electron chi connectivity index (χ0n) is 7.29. The van der Waals surface area contributed by atoms with Crippen LogP contribution in [0.5, 0.6) is 0 Å². The van der Waals surface area contributed by atoms with Gasteiger partial charge in [0.1, 0.15) is 5.69 Å². The normalized spacial score (nSPS) is 9.71. The first-order valence-corrected chi connectivity index (χ1v) is 4.08. The second kappa shape index (κ2) is 3.74. The highest BCUT2D eigenvalue weighted by Gasteiger charge is 2.08. The highest BCUT2D eigenvalue weighted by Crippen LogP contribution is 2.04. The monoisotopic (exact) mass is 185 g/mol. The van der Waals surface area contributed by atoms with Crippen LogP contribution in [-0.4, -0.2) is 20.7 Å². The van der Waals surface area contributed by atoms with E-state index in [0.29, 0.717) is 11.3 Å². The van der Waals surface area contributed by atoms with Crippen LogP contribution in [0.25, 0.3) is 0 Å². The molecule has 0 spiro atoms. The number of carbonyl (C=O) groups is 1. The summed E-state index contributed by atoms with van der Waals surface area (Å²) in [4.78, 5) is 23.3. The quantitative estimate of drug-likeness (QED) is 0.657. The highest BCUT2D eigenvalue weighted by molar-refractivity contribution is 6.07. The van der Waals surface area contributed by atoms with Gasteiger partial charge in [-0.1, -0.05) is 0 Å². The van der Waals surface area contributed by atoms with Crippen molar-refractivity contribution in [3.63, 3.8) is 0 Å². The predicted molar refractivity (Wildman–Crippen MR) is 49.7 cm³/mol. The van der Waals surface area contributed by atoms with Crippen molar-refractivity contribution in [2.45, 2.75) is 0 Å². The molecule has 2 heterocycles. The Bertz CT molecular complexity index is 386. The van der Waals surface area contributed by atoms with Crippen molar-refractivity contribution in [3.8, 4) is 0 Å². The Morgan fingerprint density at radius 2 is 1.79 bits per heavy atom. The highest BCUT2D eigenvalue weighted by atomic mass is 16.1. The van der Waals surface area contributed by atoms with Gasteiger partial charge in [0.2, 0.25) is 5.78 Å². The summed E-state index contributed by atoms with van der Waals surface area (Å²) < 4.78 is 0. The third-order valence-corrected chi connectivity index (χ3v) is 1.74. The molecule has 2 aromatic heterocycles. The van der Waals surface area contributed by atoms with Gasteiger partial charge < -0.3 is 0 Å². The Kier molecular flexibility index (Phi) is 2.27. The van der Waals surface area contributed by atoms with Gasteiger partial charge in [-0.15, -0.1) is 0 Å². The fourth-order valence-corrected chi connectivity index (χ4v) is 1.07. The number of nitrogens with zero attached hydrogens (tertiary/aromatic N) is 3. The van der Waals surface area contributed by atoms with E-state index in [1.807, 2.05) is 0 Å². The van der Waals surface area contributed by atoms with E-state index in [4.69, 9.17) is 0 Å². The second-order valence-electron chi connectivity index (χ2n) is 2.66. The van der Waals surface area contributed by atoms with Gasteiger partial charge in [-0.2, -0.15) is 0 Å². The molecule has 0 bridgehead atoms. The van der Waals surface area contributed by atoms with Crippen LogP contribution >= 0.6 is 0 Å². The molecule has 14 heavy (non-hydrogen) atoms. The van der Waals surface area contributed by atoms with Gasteiger partial charge in [0, 0.05) is 30.4 Å². The minimum atomic E-state index is -0.138. The van der Waals surface area contributed by atoms with E-state index in [9.17, 15) is 4.79 Å². The maximum atomic E-state index is 11.7. The zero-order valence-corrected chi connectivity index (χ0v) is 7.29. The molecule has 0 N–H and O–H groups in total. The molecule has 0 saturated carbocycles. The maximum Gasteiger partial charge on any atom is 0.213 e. The lowest BCUT2D eigenvalue weighted by Gasteiger charge is -1.97. The summed E-state index contributed by atoms with van der Waals surface area (Å²) in [6.07, 6.45) is 7.62. The summed E-state index contributed by atoms with van der Waals surface area (Å²) in [6, 6.07) is 3.30. The van der Waals surface area contributed by atoms with Crippen molar-refractivity contribution in [1.29, 1.82) is 0 Å². The minimum Gasteiger partial charge on any atom is -0.287 e. The van der Waals surface area contributed by atoms with Crippen molar-refractivity contribution in [2.24, 2.45) is 0 Å². The molecule has 4 heteroatoms. The first-order valence-electron chi connectivity index (χ1n) is 4.08. The lowest BCUT2D eigenvalue weighted by Crippen LogP contribution is -2.03. The van der Waals surface area contributed by atoms with Crippen LogP contribution in [0.1, 0.15) is 16.1 Å². The summed E-state index contributed by atoms with van der Waals surface area (Å²) in [5.74, 6) is -0.138. The van der Waals surface area contributed by atoms with E-state index in [-0.39, 0.29) is 5.78 Å². The Morgan fingerprint density at radius 1 is 1.00 bits per heavy atom. The smallest absolute Gasteiger partial charge is 0.213 e. The van der Waals surface area contributed by atoms with Crippen LogP contribution < -0.4 is 0 Å². The molecule has 0 fully saturated rings. The standard InChI is InChI=1S/C10H7N3O/c14-10(8-1-3-11-4-2-8)9-7-12-5-6-13-9/h1-7H. The van der Waals surface area contributed by atoms with Gasteiger partial charge in [-0.3, -0.25) is 14.8 Å². The summed E-state index contributed by atoms with van der Waals surface area (Å²) in [7, 11) is 0. The topological polar surface area (TPSA) is 55.7 Å². The molecule has 0 saturated heterocycles. The lowest BCUT2D eigenvalue weighted by molar-refractivity contribution is 0.103. The molecule has 0 aromatic carbocycles. The Morgan fingerprint density at radius 3 is 2.43 bits per heavy atom. The van der Waals surface area contributed by atoms with Gasteiger partial charge in [0.25, 0.3) is 0 Å². The number of pyridine rings is 1. The van der Waals surface area contributed by atoms with E-state index in [1.54, 1.807) is 24.5 Å². The third kappa shape index (κ3) is 1.64. The van der Waals surface area contributed by atoms with Crippen molar-refractivity contribution < 1.29 is 4.79 Å². The van der Waals surface area contributed by atoms with Gasteiger partial charge >= 0.3 is 0 Å². The third-order valence-electron chi connectivity index (χ3n) is 1.74. The molecule has 0 aliphatic rings. The molecule has 0 aliphatic carbocycles. The molecular weight excluding hydrogens is 178 g/mol. The Balaban J connectivity index is 2.35. The van der Waals surface area contributed by atoms with Crippen LogP contribution in [0.4, 0.5) is 0 Å². The Labute approximate surface area is 80.7 Å². The van der Waals surface area contributed by atoms with E-state index < -0.39 is 0 Å². The molecule has 4 nitrogen and oxygen atoms in total. The van der Waals surface area contributed by atoms with Crippen molar-refractivity contribution in [2.75, 3.05) is 0 Å². The van der Waals surface area contributed by atoms with Crippen LogP contribution in [0, 0.1) is 0 Å². The van der Waals surface area contributed by atoms with Gasteiger partial charge in [0.05, 0.1) is 6.20 Å². The first kappa shape index (κ1) is 8.50. The Hall–Kier alpha value is -2.10. The lowest BCUT2D eigenvalue weighted by atomic mass is 10.1. The fraction of sp³-hybridized carbons (Fsp3) is 0. The summed E-state index contributed by atoms with van der Waals surface area (Å²) in [5, 5.41) is 0. The van der Waals surface area contributed by atoms with Crippen LogP contribution in [0.2, 0.25) is 0 Å². The molecule has 68 valence electrons. The first-order chi connectivity index (χ1) is 6.88. The van der Waals surface area contributed by atoms with Crippen LogP contribution in [0.15, 0.2) is 43.1 Å². The fourth-order valence-electron chi connectivity index (χ4n) is 1.07. The molecule has 2 rings (SSSR count). The number of hydrogen-bond donors (Lipinski definition) is 0. The number of aromatic nitrogens is 3. The number of hydrogen-bond acceptors (Lipinski definition) is 4. The van der Waals surface area contributed by atoms with Crippen LogP contribution in [-0.2, 0) is 0 Å². The van der Waals surface area contributed by atoms with Crippen molar-refractivity contribution >= 4 is 5.78 Å². The average Bonchev–Trinajstić information content (AvgIpc) is 2.30. The molecule has 0 unspecified atom stereocenters. The molecule has 2 aromatic rings. The van der Waals surface area contributed by atoms with E-state index in [2.05, 4.69) is 15.0 Å². The maximum absolute atomic E-state index is 11.7. The van der Waals surface area contributed by atoms with E-state index in [0.717, 1.165) is 0 Å². The van der Waals surface area contributed by atoms with Crippen LogP contribution in [0.3, 0.4) is 0 Å². The number of carbonyl (C=O) groups excluding carboxylic acids is 1. The largest absolute Gasteiger partial charge is 0.287 e.